The average molecular weight is 398 g/mol. The highest BCUT2D eigenvalue weighted by molar-refractivity contribution is 7.89. The van der Waals surface area contributed by atoms with Gasteiger partial charge >= 0.3 is 5.97 Å². The van der Waals surface area contributed by atoms with Crippen molar-refractivity contribution >= 4 is 26.8 Å². The number of esters is 1. The molecule has 1 heterocycles. The summed E-state index contributed by atoms with van der Waals surface area (Å²) < 4.78 is 33.2. The Morgan fingerprint density at radius 1 is 1.07 bits per heavy atom. The van der Waals surface area contributed by atoms with Gasteiger partial charge in [0.1, 0.15) is 0 Å². The molecule has 146 valence electrons. The molecule has 0 bridgehead atoms. The van der Waals surface area contributed by atoms with Crippen LogP contribution in [0.4, 0.5) is 0 Å². The van der Waals surface area contributed by atoms with Crippen molar-refractivity contribution in [2.24, 2.45) is 0 Å². The molecule has 0 radical (unpaired) electrons. The molecular formula is C21H22N2O4S. The molecule has 28 heavy (non-hydrogen) atoms. The second-order valence-corrected chi connectivity index (χ2v) is 8.14. The number of fused-ring (bicyclic) bond motifs is 1. The van der Waals surface area contributed by atoms with Crippen LogP contribution in [0.15, 0.2) is 71.9 Å². The fourth-order valence-corrected chi connectivity index (χ4v) is 4.62. The second-order valence-electron chi connectivity index (χ2n) is 6.23. The van der Waals surface area contributed by atoms with Crippen LogP contribution in [0, 0.1) is 0 Å². The Kier molecular flexibility index (Phi) is 6.38. The molecule has 0 aliphatic carbocycles. The van der Waals surface area contributed by atoms with Gasteiger partial charge in [0.25, 0.3) is 0 Å². The highest BCUT2D eigenvalue weighted by Gasteiger charge is 2.27. The standard InChI is InChI=1S/C21H22N2O4S/c1-2-27-21(24)12-14-23(16-17-7-4-3-5-8-17)28(25,26)20-10-6-9-18-15-22-13-11-19(18)20/h3-11,13,15H,2,12,14,16H2,1H3. The minimum atomic E-state index is -3.84. The van der Waals surface area contributed by atoms with E-state index in [2.05, 4.69) is 4.98 Å². The number of aromatic nitrogens is 1. The Balaban J connectivity index is 1.98. The lowest BCUT2D eigenvalue weighted by atomic mass is 10.2. The van der Waals surface area contributed by atoms with Crippen molar-refractivity contribution in [3.05, 3.63) is 72.6 Å². The first-order valence-corrected chi connectivity index (χ1v) is 10.5. The molecule has 0 atom stereocenters. The summed E-state index contributed by atoms with van der Waals surface area (Å²) in [7, 11) is -3.84. The van der Waals surface area contributed by atoms with Crippen molar-refractivity contribution in [1.29, 1.82) is 0 Å². The molecule has 0 aliphatic rings. The van der Waals surface area contributed by atoms with Crippen LogP contribution in [0.1, 0.15) is 18.9 Å². The molecule has 0 fully saturated rings. The summed E-state index contributed by atoms with van der Waals surface area (Å²) in [6, 6.07) is 16.1. The Morgan fingerprint density at radius 3 is 2.61 bits per heavy atom. The molecular weight excluding hydrogens is 376 g/mol. The summed E-state index contributed by atoms with van der Waals surface area (Å²) in [6.45, 7) is 2.20. The number of carbonyl (C=O) groups excluding carboxylic acids is 1. The molecule has 0 spiro atoms. The summed E-state index contributed by atoms with van der Waals surface area (Å²) in [4.78, 5) is 16.1. The lowest BCUT2D eigenvalue weighted by Gasteiger charge is -2.23. The van der Waals surface area contributed by atoms with Crippen LogP contribution in [0.25, 0.3) is 10.8 Å². The van der Waals surface area contributed by atoms with Crippen LogP contribution in [0.2, 0.25) is 0 Å². The number of benzene rings is 2. The third kappa shape index (κ3) is 4.55. The van der Waals surface area contributed by atoms with Gasteiger partial charge < -0.3 is 4.74 Å². The Labute approximate surface area is 164 Å². The summed E-state index contributed by atoms with van der Waals surface area (Å²) in [5.41, 5.74) is 0.844. The number of ether oxygens (including phenoxy) is 1. The lowest BCUT2D eigenvalue weighted by Crippen LogP contribution is -2.33. The maximum absolute atomic E-state index is 13.5. The van der Waals surface area contributed by atoms with E-state index in [-0.39, 0.29) is 31.0 Å². The molecule has 0 amide bonds. The molecule has 7 heteroatoms. The quantitative estimate of drug-likeness (QED) is 0.544. The van der Waals surface area contributed by atoms with Gasteiger partial charge in [0.05, 0.1) is 17.9 Å². The summed E-state index contributed by atoms with van der Waals surface area (Å²) >= 11 is 0. The third-order valence-electron chi connectivity index (χ3n) is 4.33. The number of sulfonamides is 1. The molecule has 3 rings (SSSR count). The normalized spacial score (nSPS) is 11.6. The molecule has 1 aromatic heterocycles. The van der Waals surface area contributed by atoms with Gasteiger partial charge in [0, 0.05) is 36.3 Å². The fourth-order valence-electron chi connectivity index (χ4n) is 2.98. The van der Waals surface area contributed by atoms with Gasteiger partial charge in [-0.25, -0.2) is 8.42 Å². The predicted octanol–water partition coefficient (Wildman–Crippen LogP) is 3.38. The van der Waals surface area contributed by atoms with E-state index in [9.17, 15) is 13.2 Å². The van der Waals surface area contributed by atoms with Crippen LogP contribution < -0.4 is 0 Å². The Morgan fingerprint density at radius 2 is 1.86 bits per heavy atom. The van der Waals surface area contributed by atoms with Gasteiger partial charge in [-0.3, -0.25) is 9.78 Å². The van der Waals surface area contributed by atoms with Gasteiger partial charge in [-0.15, -0.1) is 0 Å². The van der Waals surface area contributed by atoms with Crippen molar-refractivity contribution in [3.8, 4) is 0 Å². The summed E-state index contributed by atoms with van der Waals surface area (Å²) in [5.74, 6) is -0.419. The second kappa shape index (κ2) is 8.95. The zero-order valence-electron chi connectivity index (χ0n) is 15.6. The fraction of sp³-hybridized carbons (Fsp3) is 0.238. The van der Waals surface area contributed by atoms with Gasteiger partial charge in [0.2, 0.25) is 10.0 Å². The van der Waals surface area contributed by atoms with E-state index in [1.54, 1.807) is 37.5 Å². The third-order valence-corrected chi connectivity index (χ3v) is 6.23. The van der Waals surface area contributed by atoms with Crippen molar-refractivity contribution in [2.45, 2.75) is 24.8 Å². The van der Waals surface area contributed by atoms with Crippen molar-refractivity contribution in [2.75, 3.05) is 13.2 Å². The summed E-state index contributed by atoms with van der Waals surface area (Å²) in [6.07, 6.45) is 3.20. The number of nitrogens with zero attached hydrogens (tertiary/aromatic N) is 2. The molecule has 0 N–H and O–H groups in total. The number of hydrogen-bond donors (Lipinski definition) is 0. The molecule has 2 aromatic carbocycles. The van der Waals surface area contributed by atoms with E-state index in [0.717, 1.165) is 10.9 Å². The number of pyridine rings is 1. The average Bonchev–Trinajstić information content (AvgIpc) is 2.71. The minimum absolute atomic E-state index is 0.00771. The largest absolute Gasteiger partial charge is 0.466 e. The van der Waals surface area contributed by atoms with Crippen LogP contribution in [0.5, 0.6) is 0 Å². The first-order chi connectivity index (χ1) is 13.5. The van der Waals surface area contributed by atoms with Crippen LogP contribution >= 0.6 is 0 Å². The minimum Gasteiger partial charge on any atom is -0.466 e. The summed E-state index contributed by atoms with van der Waals surface area (Å²) in [5, 5.41) is 1.35. The molecule has 0 saturated carbocycles. The van der Waals surface area contributed by atoms with Crippen molar-refractivity contribution < 1.29 is 17.9 Å². The van der Waals surface area contributed by atoms with Crippen molar-refractivity contribution in [1.82, 2.24) is 9.29 Å². The monoisotopic (exact) mass is 398 g/mol. The molecule has 3 aromatic rings. The first kappa shape index (κ1) is 20.0. The maximum atomic E-state index is 13.5. The highest BCUT2D eigenvalue weighted by Crippen LogP contribution is 2.26. The number of hydrogen-bond acceptors (Lipinski definition) is 5. The van der Waals surface area contributed by atoms with E-state index < -0.39 is 16.0 Å². The van der Waals surface area contributed by atoms with E-state index >= 15 is 0 Å². The smallest absolute Gasteiger partial charge is 0.307 e. The van der Waals surface area contributed by atoms with E-state index in [1.165, 1.54) is 4.31 Å². The predicted molar refractivity (Wildman–Crippen MR) is 107 cm³/mol. The zero-order valence-corrected chi connectivity index (χ0v) is 16.4. The Bertz CT molecular complexity index is 1050. The van der Waals surface area contributed by atoms with Crippen molar-refractivity contribution in [3.63, 3.8) is 0 Å². The van der Waals surface area contributed by atoms with Gasteiger partial charge in [-0.05, 0) is 24.6 Å². The first-order valence-electron chi connectivity index (χ1n) is 9.05. The zero-order chi connectivity index (χ0) is 20.0. The van der Waals surface area contributed by atoms with Crippen LogP contribution in [-0.4, -0.2) is 36.8 Å². The molecule has 0 aliphatic heterocycles. The van der Waals surface area contributed by atoms with Gasteiger partial charge in [0.15, 0.2) is 0 Å². The Hall–Kier alpha value is -2.77. The molecule has 6 nitrogen and oxygen atoms in total. The topological polar surface area (TPSA) is 76.6 Å². The van der Waals surface area contributed by atoms with E-state index in [4.69, 9.17) is 4.74 Å². The van der Waals surface area contributed by atoms with Crippen LogP contribution in [0.3, 0.4) is 0 Å². The van der Waals surface area contributed by atoms with E-state index in [1.807, 2.05) is 36.4 Å². The molecule has 0 saturated heterocycles. The maximum Gasteiger partial charge on any atom is 0.307 e. The SMILES string of the molecule is CCOC(=O)CCN(Cc1ccccc1)S(=O)(=O)c1cccc2cnccc12. The highest BCUT2D eigenvalue weighted by atomic mass is 32.2. The number of carbonyl (C=O) groups is 1. The van der Waals surface area contributed by atoms with E-state index in [0.29, 0.717) is 5.39 Å². The van der Waals surface area contributed by atoms with Gasteiger partial charge in [-0.1, -0.05) is 42.5 Å². The number of rotatable bonds is 8. The lowest BCUT2D eigenvalue weighted by molar-refractivity contribution is -0.143. The molecule has 0 unspecified atom stereocenters. The van der Waals surface area contributed by atoms with Gasteiger partial charge in [-0.2, -0.15) is 4.31 Å². The van der Waals surface area contributed by atoms with Crippen LogP contribution in [-0.2, 0) is 26.1 Å².